The van der Waals surface area contributed by atoms with Crippen LogP contribution in [0.4, 0.5) is 5.69 Å². The molecule has 1 heterocycles. The highest BCUT2D eigenvalue weighted by Gasteiger charge is 2.11. The number of rotatable bonds is 8. The molecule has 3 rings (SSSR count). The molecule has 0 saturated heterocycles. The normalized spacial score (nSPS) is 10.4. The second-order valence-corrected chi connectivity index (χ2v) is 7.23. The molecule has 1 aromatic heterocycles. The van der Waals surface area contributed by atoms with Gasteiger partial charge in [0.1, 0.15) is 18.1 Å². The average molecular weight is 432 g/mol. The first-order chi connectivity index (χ1) is 14.0. The van der Waals surface area contributed by atoms with Crippen LogP contribution in [0.5, 0.6) is 11.5 Å². The van der Waals surface area contributed by atoms with E-state index in [-0.39, 0.29) is 23.8 Å². The number of hydrogen-bond donors (Lipinski definition) is 2. The summed E-state index contributed by atoms with van der Waals surface area (Å²) in [6, 6.07) is 15.5. The fraction of sp³-hybridized carbons (Fsp3) is 0.150. The first kappa shape index (κ1) is 20.8. The van der Waals surface area contributed by atoms with E-state index in [9.17, 15) is 9.59 Å². The number of H-pyrrole nitrogens is 1. The Balaban J connectivity index is 1.60. The highest BCUT2D eigenvalue weighted by molar-refractivity contribution is 7.99. The van der Waals surface area contributed by atoms with E-state index in [1.54, 1.807) is 18.2 Å². The van der Waals surface area contributed by atoms with Gasteiger partial charge in [0, 0.05) is 11.1 Å². The maximum absolute atomic E-state index is 12.3. The number of benzene rings is 2. The number of aromatic amines is 1. The van der Waals surface area contributed by atoms with Crippen molar-refractivity contribution in [3.05, 3.63) is 75.7 Å². The lowest BCUT2D eigenvalue weighted by atomic mass is 10.3. The van der Waals surface area contributed by atoms with Crippen LogP contribution in [0.15, 0.2) is 64.5 Å². The number of methoxy groups -OCH3 is 1. The molecule has 0 aliphatic rings. The predicted molar refractivity (Wildman–Crippen MR) is 113 cm³/mol. The molecule has 0 aliphatic carbocycles. The lowest BCUT2D eigenvalue weighted by molar-refractivity contribution is -0.113. The van der Waals surface area contributed by atoms with Gasteiger partial charge in [-0.1, -0.05) is 41.6 Å². The standard InChI is InChI=1S/C20H18ClN3O4S/c1-27-17-8-7-13(21)9-16(17)23-19(26)12-29-20-22-14(10-18(25)24-20)11-28-15-5-3-2-4-6-15/h2-10H,11-12H2,1H3,(H,23,26)(H,22,24,25). The second kappa shape index (κ2) is 9.99. The van der Waals surface area contributed by atoms with E-state index in [1.165, 1.54) is 13.2 Å². The maximum Gasteiger partial charge on any atom is 0.251 e. The van der Waals surface area contributed by atoms with Crippen LogP contribution in [0.3, 0.4) is 0 Å². The molecular weight excluding hydrogens is 414 g/mol. The molecule has 0 atom stereocenters. The highest BCUT2D eigenvalue weighted by atomic mass is 35.5. The molecule has 0 unspecified atom stereocenters. The van der Waals surface area contributed by atoms with Gasteiger partial charge < -0.3 is 19.8 Å². The first-order valence-electron chi connectivity index (χ1n) is 8.58. The number of nitrogens with zero attached hydrogens (tertiary/aromatic N) is 1. The third-order valence-corrected chi connectivity index (χ3v) is 4.79. The molecule has 150 valence electrons. The van der Waals surface area contributed by atoms with Crippen molar-refractivity contribution in [2.45, 2.75) is 11.8 Å². The quantitative estimate of drug-likeness (QED) is 0.417. The number of nitrogens with one attached hydrogen (secondary N) is 2. The summed E-state index contributed by atoms with van der Waals surface area (Å²) in [5.41, 5.74) is 0.625. The topological polar surface area (TPSA) is 93.3 Å². The lowest BCUT2D eigenvalue weighted by Gasteiger charge is -2.10. The number of ether oxygens (including phenoxy) is 2. The van der Waals surface area contributed by atoms with Gasteiger partial charge in [-0.3, -0.25) is 9.59 Å². The summed E-state index contributed by atoms with van der Waals surface area (Å²) in [7, 11) is 1.51. The van der Waals surface area contributed by atoms with E-state index in [0.717, 1.165) is 11.8 Å². The number of carbonyl (C=O) groups is 1. The van der Waals surface area contributed by atoms with E-state index < -0.39 is 0 Å². The van der Waals surface area contributed by atoms with Crippen molar-refractivity contribution in [1.29, 1.82) is 0 Å². The number of thioether (sulfide) groups is 1. The van der Waals surface area contributed by atoms with Gasteiger partial charge in [-0.25, -0.2) is 4.98 Å². The molecule has 2 aromatic carbocycles. The molecule has 0 fully saturated rings. The Bertz CT molecular complexity index is 1040. The Labute approximate surface area is 176 Å². The number of halogens is 1. The molecule has 0 bridgehead atoms. The van der Waals surface area contributed by atoms with Gasteiger partial charge in [-0.15, -0.1) is 0 Å². The van der Waals surface area contributed by atoms with Crippen LogP contribution in [0.1, 0.15) is 5.69 Å². The maximum atomic E-state index is 12.3. The van der Waals surface area contributed by atoms with Crippen LogP contribution in [-0.2, 0) is 11.4 Å². The highest BCUT2D eigenvalue weighted by Crippen LogP contribution is 2.28. The van der Waals surface area contributed by atoms with E-state index in [1.807, 2.05) is 30.3 Å². The van der Waals surface area contributed by atoms with Crippen molar-refractivity contribution >= 4 is 35.0 Å². The average Bonchev–Trinajstić information content (AvgIpc) is 2.71. The third-order valence-electron chi connectivity index (χ3n) is 3.68. The van der Waals surface area contributed by atoms with Crippen molar-refractivity contribution in [3.8, 4) is 11.5 Å². The van der Waals surface area contributed by atoms with Crippen LogP contribution in [0.2, 0.25) is 5.02 Å². The minimum absolute atomic E-state index is 0.0433. The zero-order chi connectivity index (χ0) is 20.6. The molecule has 0 spiro atoms. The Kier molecular flexibility index (Phi) is 7.15. The molecule has 1 amide bonds. The van der Waals surface area contributed by atoms with E-state index in [0.29, 0.717) is 33.1 Å². The van der Waals surface area contributed by atoms with Gasteiger partial charge in [0.15, 0.2) is 5.16 Å². The third kappa shape index (κ3) is 6.27. The fourth-order valence-electron chi connectivity index (χ4n) is 2.40. The Morgan fingerprint density at radius 1 is 1.21 bits per heavy atom. The second-order valence-electron chi connectivity index (χ2n) is 5.83. The number of aromatic nitrogens is 2. The van der Waals surface area contributed by atoms with E-state index in [4.69, 9.17) is 21.1 Å². The number of anilines is 1. The van der Waals surface area contributed by atoms with Crippen LogP contribution >= 0.6 is 23.4 Å². The minimum atomic E-state index is -0.314. The molecule has 3 aromatic rings. The van der Waals surface area contributed by atoms with Gasteiger partial charge in [0.25, 0.3) is 5.56 Å². The summed E-state index contributed by atoms with van der Waals surface area (Å²) in [5, 5.41) is 3.54. The summed E-state index contributed by atoms with van der Waals surface area (Å²) in [6.07, 6.45) is 0. The lowest BCUT2D eigenvalue weighted by Crippen LogP contribution is -2.16. The predicted octanol–water partition coefficient (Wildman–Crippen LogP) is 3.74. The van der Waals surface area contributed by atoms with Crippen LogP contribution in [-0.4, -0.2) is 28.7 Å². The van der Waals surface area contributed by atoms with Crippen LogP contribution < -0.4 is 20.3 Å². The number of hydrogen-bond acceptors (Lipinski definition) is 6. The SMILES string of the molecule is COc1ccc(Cl)cc1NC(=O)CSc1nc(COc2ccccc2)cc(=O)[nH]1. The Hall–Kier alpha value is -2.97. The largest absolute Gasteiger partial charge is 0.495 e. The molecule has 0 aliphatic heterocycles. The molecule has 29 heavy (non-hydrogen) atoms. The van der Waals surface area contributed by atoms with Crippen LogP contribution in [0.25, 0.3) is 0 Å². The van der Waals surface area contributed by atoms with Gasteiger partial charge in [-0.2, -0.15) is 0 Å². The van der Waals surface area contributed by atoms with Gasteiger partial charge in [0.05, 0.1) is 24.2 Å². The van der Waals surface area contributed by atoms with Gasteiger partial charge >= 0.3 is 0 Å². The van der Waals surface area contributed by atoms with Crippen molar-refractivity contribution in [1.82, 2.24) is 9.97 Å². The van der Waals surface area contributed by atoms with Gasteiger partial charge in [0.2, 0.25) is 5.91 Å². The zero-order valence-electron chi connectivity index (χ0n) is 15.5. The summed E-state index contributed by atoms with van der Waals surface area (Å²) in [5.74, 6) is 0.934. The van der Waals surface area contributed by atoms with E-state index >= 15 is 0 Å². The number of para-hydroxylation sites is 1. The number of amides is 1. The summed E-state index contributed by atoms with van der Waals surface area (Å²) < 4.78 is 10.8. The minimum Gasteiger partial charge on any atom is -0.495 e. The van der Waals surface area contributed by atoms with E-state index in [2.05, 4.69) is 15.3 Å². The zero-order valence-corrected chi connectivity index (χ0v) is 17.0. The van der Waals surface area contributed by atoms with Crippen LogP contribution in [0, 0.1) is 0 Å². The molecule has 2 N–H and O–H groups in total. The molecule has 0 saturated carbocycles. The fourth-order valence-corrected chi connectivity index (χ4v) is 3.26. The Morgan fingerprint density at radius 2 is 2.00 bits per heavy atom. The summed E-state index contributed by atoms with van der Waals surface area (Å²) in [4.78, 5) is 31.1. The molecule has 0 radical (unpaired) electrons. The molecule has 7 nitrogen and oxygen atoms in total. The summed E-state index contributed by atoms with van der Waals surface area (Å²) >= 11 is 7.07. The van der Waals surface area contributed by atoms with Crippen molar-refractivity contribution in [2.75, 3.05) is 18.2 Å². The molecule has 9 heteroatoms. The smallest absolute Gasteiger partial charge is 0.251 e. The number of carbonyl (C=O) groups excluding carboxylic acids is 1. The van der Waals surface area contributed by atoms with Crippen molar-refractivity contribution in [3.63, 3.8) is 0 Å². The monoisotopic (exact) mass is 431 g/mol. The van der Waals surface area contributed by atoms with Crippen molar-refractivity contribution in [2.24, 2.45) is 0 Å². The van der Waals surface area contributed by atoms with Crippen molar-refractivity contribution < 1.29 is 14.3 Å². The first-order valence-corrected chi connectivity index (χ1v) is 9.94. The Morgan fingerprint density at radius 3 is 2.76 bits per heavy atom. The van der Waals surface area contributed by atoms with Gasteiger partial charge in [-0.05, 0) is 30.3 Å². The molecular formula is C20H18ClN3O4S. The summed E-state index contributed by atoms with van der Waals surface area (Å²) in [6.45, 7) is 0.146.